The first-order valence-electron chi connectivity index (χ1n) is 7.22. The van der Waals surface area contributed by atoms with Crippen LogP contribution in [0.5, 0.6) is 5.75 Å². The van der Waals surface area contributed by atoms with E-state index in [0.29, 0.717) is 17.2 Å². The van der Waals surface area contributed by atoms with Crippen LogP contribution in [0, 0.1) is 5.92 Å². The predicted octanol–water partition coefficient (Wildman–Crippen LogP) is 3.36. The van der Waals surface area contributed by atoms with Crippen LogP contribution in [0.1, 0.15) is 34.5 Å². The molecule has 1 aliphatic rings. The van der Waals surface area contributed by atoms with Crippen LogP contribution < -0.4 is 10.1 Å². The van der Waals surface area contributed by atoms with Gasteiger partial charge in [-0.25, -0.2) is 0 Å². The number of carbonyl (C=O) groups excluding carboxylic acids is 1. The molecule has 3 rings (SSSR count). The fourth-order valence-electron chi connectivity index (χ4n) is 3.00. The first-order valence-corrected chi connectivity index (χ1v) is 7.22. The highest BCUT2D eigenvalue weighted by molar-refractivity contribution is 5.94. The van der Waals surface area contributed by atoms with E-state index in [4.69, 9.17) is 4.74 Å². The van der Waals surface area contributed by atoms with E-state index in [0.717, 1.165) is 6.42 Å². The van der Waals surface area contributed by atoms with E-state index in [-0.39, 0.29) is 11.9 Å². The van der Waals surface area contributed by atoms with Crippen LogP contribution in [0.25, 0.3) is 0 Å². The van der Waals surface area contributed by atoms with Crippen LogP contribution >= 0.6 is 0 Å². The van der Waals surface area contributed by atoms with Crippen molar-refractivity contribution >= 4 is 5.91 Å². The molecule has 0 radical (unpaired) electrons. The third-order valence-electron chi connectivity index (χ3n) is 4.12. The summed E-state index contributed by atoms with van der Waals surface area (Å²) >= 11 is 0. The highest BCUT2D eigenvalue weighted by Crippen LogP contribution is 2.35. The topological polar surface area (TPSA) is 38.3 Å². The molecule has 0 saturated carbocycles. The van der Waals surface area contributed by atoms with Crippen molar-refractivity contribution in [3.8, 4) is 5.75 Å². The molecule has 2 atom stereocenters. The summed E-state index contributed by atoms with van der Waals surface area (Å²) < 4.78 is 5.17. The Kier molecular flexibility index (Phi) is 3.65. The van der Waals surface area contributed by atoms with E-state index in [9.17, 15) is 4.79 Å². The summed E-state index contributed by atoms with van der Waals surface area (Å²) in [5.74, 6) is 1.06. The zero-order valence-corrected chi connectivity index (χ0v) is 12.3. The minimum atomic E-state index is -0.0533. The van der Waals surface area contributed by atoms with Gasteiger partial charge in [0.15, 0.2) is 0 Å². The van der Waals surface area contributed by atoms with Gasteiger partial charge in [0.25, 0.3) is 5.91 Å². The molecule has 21 heavy (non-hydrogen) atoms. The van der Waals surface area contributed by atoms with Gasteiger partial charge in [-0.2, -0.15) is 0 Å². The van der Waals surface area contributed by atoms with Crippen molar-refractivity contribution < 1.29 is 9.53 Å². The SMILES string of the molecule is COc1cccc(C(=O)N[C@H]2c3ccccc3C[C@H]2C)c1. The minimum Gasteiger partial charge on any atom is -0.497 e. The van der Waals surface area contributed by atoms with Crippen molar-refractivity contribution in [1.82, 2.24) is 5.32 Å². The number of fused-ring (bicyclic) bond motifs is 1. The first kappa shape index (κ1) is 13.7. The van der Waals surface area contributed by atoms with Crippen LogP contribution in [-0.4, -0.2) is 13.0 Å². The van der Waals surface area contributed by atoms with Gasteiger partial charge in [-0.05, 0) is 41.7 Å². The lowest BCUT2D eigenvalue weighted by molar-refractivity contribution is 0.0927. The summed E-state index contributed by atoms with van der Waals surface area (Å²) in [6.45, 7) is 2.18. The number of hydrogen-bond acceptors (Lipinski definition) is 2. The molecule has 1 N–H and O–H groups in total. The third-order valence-corrected chi connectivity index (χ3v) is 4.12. The molecule has 0 spiro atoms. The lowest BCUT2D eigenvalue weighted by Crippen LogP contribution is -2.30. The maximum absolute atomic E-state index is 12.5. The summed E-state index contributed by atoms with van der Waals surface area (Å²) in [5, 5.41) is 3.16. The molecule has 0 bridgehead atoms. The normalized spacial score (nSPS) is 19.9. The number of nitrogens with one attached hydrogen (secondary N) is 1. The van der Waals surface area contributed by atoms with Crippen molar-refractivity contribution in [1.29, 1.82) is 0 Å². The van der Waals surface area contributed by atoms with Crippen molar-refractivity contribution in [3.63, 3.8) is 0 Å². The van der Waals surface area contributed by atoms with Gasteiger partial charge < -0.3 is 10.1 Å². The molecule has 0 saturated heterocycles. The summed E-state index contributed by atoms with van der Waals surface area (Å²) in [6, 6.07) is 15.7. The Morgan fingerprint density at radius 3 is 2.81 bits per heavy atom. The number of ether oxygens (including phenoxy) is 1. The van der Waals surface area contributed by atoms with E-state index in [2.05, 4.69) is 30.4 Å². The highest BCUT2D eigenvalue weighted by Gasteiger charge is 2.30. The second-order valence-corrected chi connectivity index (χ2v) is 5.56. The van der Waals surface area contributed by atoms with Gasteiger partial charge in [-0.1, -0.05) is 37.3 Å². The molecule has 0 fully saturated rings. The van der Waals surface area contributed by atoms with Gasteiger partial charge in [-0.3, -0.25) is 4.79 Å². The molecule has 3 heteroatoms. The zero-order chi connectivity index (χ0) is 14.8. The van der Waals surface area contributed by atoms with Crippen molar-refractivity contribution in [2.75, 3.05) is 7.11 Å². The molecule has 2 aromatic carbocycles. The number of rotatable bonds is 3. The summed E-state index contributed by atoms with van der Waals surface area (Å²) in [4.78, 5) is 12.5. The van der Waals surface area contributed by atoms with Gasteiger partial charge in [-0.15, -0.1) is 0 Å². The zero-order valence-electron chi connectivity index (χ0n) is 12.3. The molecule has 0 heterocycles. The standard InChI is InChI=1S/C18H19NO2/c1-12-10-13-6-3-4-9-16(13)17(12)19-18(20)14-7-5-8-15(11-14)21-2/h3-9,11-12,17H,10H2,1-2H3,(H,19,20)/t12-,17-/m1/s1. The Balaban J connectivity index is 1.81. The van der Waals surface area contributed by atoms with Crippen LogP contribution in [0.3, 0.4) is 0 Å². The molecule has 0 aliphatic heterocycles. The van der Waals surface area contributed by atoms with Crippen molar-refractivity contribution in [3.05, 3.63) is 65.2 Å². The molecule has 2 aromatic rings. The summed E-state index contributed by atoms with van der Waals surface area (Å²) in [5.41, 5.74) is 3.20. The van der Waals surface area contributed by atoms with E-state index in [1.165, 1.54) is 11.1 Å². The molecule has 0 aromatic heterocycles. The number of benzene rings is 2. The average Bonchev–Trinajstić information content (AvgIpc) is 2.83. The maximum Gasteiger partial charge on any atom is 0.251 e. The fraction of sp³-hybridized carbons (Fsp3) is 0.278. The minimum absolute atomic E-state index is 0.0533. The van der Waals surface area contributed by atoms with E-state index < -0.39 is 0 Å². The Hall–Kier alpha value is -2.29. The third kappa shape index (κ3) is 2.64. The number of methoxy groups -OCH3 is 1. The van der Waals surface area contributed by atoms with Gasteiger partial charge in [0, 0.05) is 5.56 Å². The van der Waals surface area contributed by atoms with Crippen molar-refractivity contribution in [2.45, 2.75) is 19.4 Å². The first-order chi connectivity index (χ1) is 10.2. The smallest absolute Gasteiger partial charge is 0.251 e. The van der Waals surface area contributed by atoms with Crippen molar-refractivity contribution in [2.24, 2.45) is 5.92 Å². The average molecular weight is 281 g/mol. The quantitative estimate of drug-likeness (QED) is 0.937. The lowest BCUT2D eigenvalue weighted by atomic mass is 10.0. The maximum atomic E-state index is 12.5. The van der Waals surface area contributed by atoms with Gasteiger partial charge in [0.05, 0.1) is 13.2 Å². The number of hydrogen-bond donors (Lipinski definition) is 1. The second kappa shape index (κ2) is 5.60. The summed E-state index contributed by atoms with van der Waals surface area (Å²) in [7, 11) is 1.60. The van der Waals surface area contributed by atoms with Gasteiger partial charge >= 0.3 is 0 Å². The molecular weight excluding hydrogens is 262 g/mol. The molecule has 0 unspecified atom stereocenters. The number of carbonyl (C=O) groups is 1. The van der Waals surface area contributed by atoms with E-state index in [1.54, 1.807) is 13.2 Å². The Morgan fingerprint density at radius 1 is 1.19 bits per heavy atom. The largest absolute Gasteiger partial charge is 0.497 e. The molecular formula is C18H19NO2. The molecule has 1 aliphatic carbocycles. The van der Waals surface area contributed by atoms with Crippen LogP contribution in [0.15, 0.2) is 48.5 Å². The monoisotopic (exact) mass is 281 g/mol. The summed E-state index contributed by atoms with van der Waals surface area (Å²) in [6.07, 6.45) is 1.01. The Morgan fingerprint density at radius 2 is 2.00 bits per heavy atom. The van der Waals surface area contributed by atoms with Crippen LogP contribution in [0.2, 0.25) is 0 Å². The molecule has 1 amide bonds. The predicted molar refractivity (Wildman–Crippen MR) is 82.5 cm³/mol. The highest BCUT2D eigenvalue weighted by atomic mass is 16.5. The van der Waals surface area contributed by atoms with E-state index >= 15 is 0 Å². The van der Waals surface area contributed by atoms with Crippen LogP contribution in [0.4, 0.5) is 0 Å². The van der Waals surface area contributed by atoms with Gasteiger partial charge in [0.1, 0.15) is 5.75 Å². The lowest BCUT2D eigenvalue weighted by Gasteiger charge is -2.19. The molecule has 3 nitrogen and oxygen atoms in total. The Bertz CT molecular complexity index is 666. The number of amides is 1. The van der Waals surface area contributed by atoms with Crippen LogP contribution in [-0.2, 0) is 6.42 Å². The van der Waals surface area contributed by atoms with E-state index in [1.807, 2.05) is 24.3 Å². The Labute approximate surface area is 124 Å². The van der Waals surface area contributed by atoms with Gasteiger partial charge in [0.2, 0.25) is 0 Å². The molecule has 108 valence electrons. The second-order valence-electron chi connectivity index (χ2n) is 5.56. The fourth-order valence-corrected chi connectivity index (χ4v) is 3.00.